The maximum absolute atomic E-state index is 12.0. The number of phosphoric acid groups is 3. The second kappa shape index (κ2) is 8.95. The number of rotatable bonds is 8. The SMILES string of the molecule is C[C@@]1(C#N)[C@H](O)[C@@H](COP(=O)(O)OP(=O)(O)OP(=O)(O)O)O[C@@]1(C#N)c1cnc2c(N)ncnn12. The van der Waals surface area contributed by atoms with E-state index >= 15 is 0 Å². The highest BCUT2D eigenvalue weighted by atomic mass is 31.3. The van der Waals surface area contributed by atoms with Crippen molar-refractivity contribution in [2.24, 2.45) is 5.41 Å². The lowest BCUT2D eigenvalue weighted by atomic mass is 9.71. The highest BCUT2D eigenvalue weighted by molar-refractivity contribution is 7.66. The molecule has 0 aromatic carbocycles. The first-order chi connectivity index (χ1) is 16.0. The van der Waals surface area contributed by atoms with Crippen molar-refractivity contribution < 1.29 is 56.3 Å². The van der Waals surface area contributed by atoms with Crippen molar-refractivity contribution in [3.05, 3.63) is 18.2 Å². The monoisotopic (exact) mass is 555 g/mol. The van der Waals surface area contributed by atoms with Gasteiger partial charge in [0.05, 0.1) is 18.9 Å². The molecule has 0 bridgehead atoms. The van der Waals surface area contributed by atoms with Gasteiger partial charge in [0.15, 0.2) is 11.5 Å². The van der Waals surface area contributed by atoms with Crippen molar-refractivity contribution in [3.63, 3.8) is 0 Å². The minimum absolute atomic E-state index is 0.00721. The molecule has 3 rings (SSSR count). The van der Waals surface area contributed by atoms with Crippen LogP contribution in [0.5, 0.6) is 0 Å². The predicted octanol–water partition coefficient (Wildman–Crippen LogP) is -0.942. The van der Waals surface area contributed by atoms with E-state index in [0.29, 0.717) is 0 Å². The highest BCUT2D eigenvalue weighted by Gasteiger charge is 2.67. The van der Waals surface area contributed by atoms with Crippen molar-refractivity contribution >= 4 is 34.9 Å². The van der Waals surface area contributed by atoms with Gasteiger partial charge in [-0.1, -0.05) is 0 Å². The van der Waals surface area contributed by atoms with E-state index in [-0.39, 0.29) is 17.2 Å². The van der Waals surface area contributed by atoms with Crippen LogP contribution >= 0.6 is 23.5 Å². The number of ether oxygens (including phenoxy) is 1. The number of aliphatic hydroxyl groups excluding tert-OH is 1. The third-order valence-electron chi connectivity index (χ3n) is 4.90. The molecule has 1 aliphatic heterocycles. The summed E-state index contributed by atoms with van der Waals surface area (Å²) in [6.07, 6.45) is -1.45. The first-order valence-corrected chi connectivity index (χ1v) is 13.4. The smallest absolute Gasteiger partial charge is 0.388 e. The molecule has 0 amide bonds. The summed E-state index contributed by atoms with van der Waals surface area (Å²) >= 11 is 0. The van der Waals surface area contributed by atoms with Gasteiger partial charge in [0.2, 0.25) is 5.60 Å². The second-order valence-corrected chi connectivity index (χ2v) is 11.5. The maximum Gasteiger partial charge on any atom is 0.490 e. The topological polar surface area (TPSA) is 306 Å². The molecule has 2 unspecified atom stereocenters. The van der Waals surface area contributed by atoms with E-state index in [9.17, 15) is 39.1 Å². The third-order valence-corrected chi connectivity index (χ3v) is 8.71. The zero-order valence-electron chi connectivity index (χ0n) is 17.2. The number of nitriles is 2. The Morgan fingerprint density at radius 1 is 1.17 bits per heavy atom. The van der Waals surface area contributed by atoms with Gasteiger partial charge in [-0.05, 0) is 6.92 Å². The summed E-state index contributed by atoms with van der Waals surface area (Å²) in [7, 11) is -17.0. The number of aliphatic hydroxyl groups is 1. The van der Waals surface area contributed by atoms with E-state index in [0.717, 1.165) is 24.0 Å². The Morgan fingerprint density at radius 3 is 2.40 bits per heavy atom. The van der Waals surface area contributed by atoms with Crippen molar-refractivity contribution in [2.45, 2.75) is 24.7 Å². The van der Waals surface area contributed by atoms with Crippen LogP contribution in [-0.4, -0.2) is 63.1 Å². The Hall–Kier alpha value is -2.34. The van der Waals surface area contributed by atoms with E-state index in [4.69, 9.17) is 20.3 Å². The standard InChI is InChI=1S/C13H16N7O12P3/c1-12(4-14)9(21)7(3-29-34(25,26)32-35(27,28)31-33(22,23)24)30-13(12,5-15)8-2-17-11-10(16)18-6-19-20(8)11/h2,6-7,9,21H,3H2,1H3,(H,25,26)(H,27,28)(H2,16,18,19)(H2,22,23,24)/t7-,9-,12-,13+/m1/s1. The predicted molar refractivity (Wildman–Crippen MR) is 107 cm³/mol. The molecule has 22 heteroatoms. The zero-order chi connectivity index (χ0) is 26.4. The molecular formula is C13H16N7O12P3. The van der Waals surface area contributed by atoms with E-state index in [1.54, 1.807) is 12.1 Å². The molecular weight excluding hydrogens is 539 g/mol. The Bertz CT molecular complexity index is 1380. The van der Waals surface area contributed by atoms with Crippen LogP contribution < -0.4 is 5.73 Å². The Kier molecular flexibility index (Phi) is 6.97. The fourth-order valence-electron chi connectivity index (χ4n) is 3.34. The molecule has 1 fully saturated rings. The molecule has 3 heterocycles. The minimum atomic E-state index is -5.79. The molecule has 19 nitrogen and oxygen atoms in total. The van der Waals surface area contributed by atoms with Gasteiger partial charge in [0.1, 0.15) is 35.7 Å². The number of phosphoric ester groups is 1. The van der Waals surface area contributed by atoms with Gasteiger partial charge in [-0.3, -0.25) is 4.52 Å². The molecule has 7 N–H and O–H groups in total. The fourth-order valence-corrected chi connectivity index (χ4v) is 6.37. The van der Waals surface area contributed by atoms with Crippen molar-refractivity contribution in [2.75, 3.05) is 12.3 Å². The summed E-state index contributed by atoms with van der Waals surface area (Å²) in [5.74, 6) is -0.0826. The van der Waals surface area contributed by atoms with E-state index in [2.05, 4.69) is 28.2 Å². The first kappa shape index (κ1) is 27.3. The summed E-state index contributed by atoms with van der Waals surface area (Å²) in [5, 5.41) is 34.5. The second-order valence-electron chi connectivity index (χ2n) is 7.12. The number of nitrogen functional groups attached to an aromatic ring is 1. The molecule has 0 spiro atoms. The van der Waals surface area contributed by atoms with Crippen LogP contribution in [0.2, 0.25) is 0 Å². The molecule has 2 aromatic heterocycles. The normalized spacial score (nSPS) is 30.3. The van der Waals surface area contributed by atoms with E-state index in [1.165, 1.54) is 0 Å². The lowest BCUT2D eigenvalue weighted by molar-refractivity contribution is -0.0575. The highest BCUT2D eigenvalue weighted by Crippen LogP contribution is 2.66. The number of fused-ring (bicyclic) bond motifs is 1. The molecule has 0 aliphatic carbocycles. The summed E-state index contributed by atoms with van der Waals surface area (Å²) in [6.45, 7) is 0.0368. The van der Waals surface area contributed by atoms with Gasteiger partial charge in [-0.25, -0.2) is 28.2 Å². The van der Waals surface area contributed by atoms with Crippen molar-refractivity contribution in [3.8, 4) is 12.1 Å². The number of aromatic nitrogens is 4. The Balaban J connectivity index is 1.91. The zero-order valence-corrected chi connectivity index (χ0v) is 19.9. The lowest BCUT2D eigenvalue weighted by Crippen LogP contribution is -2.45. The molecule has 35 heavy (non-hydrogen) atoms. The van der Waals surface area contributed by atoms with Crippen LogP contribution in [-0.2, 0) is 37.2 Å². The van der Waals surface area contributed by atoms with Crippen molar-refractivity contribution in [1.82, 2.24) is 19.6 Å². The number of nitrogens with two attached hydrogens (primary N) is 1. The molecule has 0 saturated carbocycles. The lowest BCUT2D eigenvalue weighted by Gasteiger charge is -2.31. The van der Waals surface area contributed by atoms with Crippen LogP contribution in [0, 0.1) is 28.1 Å². The third kappa shape index (κ3) is 5.00. The average molecular weight is 555 g/mol. The number of nitrogens with zero attached hydrogens (tertiary/aromatic N) is 6. The van der Waals surface area contributed by atoms with E-state index in [1.807, 2.05) is 0 Å². The number of hydrogen-bond acceptors (Lipinski definition) is 14. The molecule has 2 aromatic rings. The van der Waals surface area contributed by atoms with E-state index < -0.39 is 53.3 Å². The molecule has 6 atom stereocenters. The quantitative estimate of drug-likeness (QED) is 0.214. The Labute approximate surface area is 194 Å². The molecule has 1 aliphatic rings. The summed E-state index contributed by atoms with van der Waals surface area (Å²) in [4.78, 5) is 43.7. The van der Waals surface area contributed by atoms with Gasteiger partial charge in [0, 0.05) is 0 Å². The first-order valence-electron chi connectivity index (χ1n) is 8.92. The van der Waals surface area contributed by atoms with Crippen LogP contribution in [0.15, 0.2) is 12.5 Å². The van der Waals surface area contributed by atoms with Gasteiger partial charge < -0.3 is 35.2 Å². The number of hydrogen-bond donors (Lipinski definition) is 6. The fraction of sp³-hybridized carbons (Fsp3) is 0.462. The molecule has 190 valence electrons. The van der Waals surface area contributed by atoms with Gasteiger partial charge in [0.25, 0.3) is 0 Å². The van der Waals surface area contributed by atoms with Gasteiger partial charge in [-0.2, -0.15) is 24.2 Å². The largest absolute Gasteiger partial charge is 0.490 e. The summed E-state index contributed by atoms with van der Waals surface area (Å²) < 4.78 is 52.5. The average Bonchev–Trinajstić information content (AvgIpc) is 3.24. The minimum Gasteiger partial charge on any atom is -0.388 e. The van der Waals surface area contributed by atoms with Crippen LogP contribution in [0.25, 0.3) is 5.65 Å². The summed E-state index contributed by atoms with van der Waals surface area (Å²) in [5.41, 5.74) is 1.19. The maximum atomic E-state index is 12.0. The molecule has 1 saturated heterocycles. The summed E-state index contributed by atoms with van der Waals surface area (Å²) in [6, 6.07) is 3.55. The van der Waals surface area contributed by atoms with Crippen LogP contribution in [0.1, 0.15) is 12.6 Å². The number of imidazole rings is 1. The van der Waals surface area contributed by atoms with Gasteiger partial charge in [-0.15, -0.1) is 0 Å². The van der Waals surface area contributed by atoms with Crippen LogP contribution in [0.4, 0.5) is 5.82 Å². The number of anilines is 1. The molecule has 0 radical (unpaired) electrons. The van der Waals surface area contributed by atoms with Gasteiger partial charge >= 0.3 is 23.5 Å². The Morgan fingerprint density at radius 2 is 1.83 bits per heavy atom. The van der Waals surface area contributed by atoms with Crippen molar-refractivity contribution in [1.29, 1.82) is 10.5 Å². The van der Waals surface area contributed by atoms with Crippen LogP contribution in [0.3, 0.4) is 0 Å².